The van der Waals surface area contributed by atoms with Gasteiger partial charge in [0, 0.05) is 18.0 Å². The quantitative estimate of drug-likeness (QED) is 0.703. The number of carboxylic acids is 1. The standard InChI is InChI=1S/C13H16O3/c1-9-6-10(2)8-11(7-9)12(14)4-3-5-13(15)16/h6-8H,3-5H2,1-2H3,(H,15,16)/p-1. The summed E-state index contributed by atoms with van der Waals surface area (Å²) in [6.45, 7) is 3.87. The number of carboxylic acid groups (broad SMARTS) is 1. The Bertz CT molecular complexity index is 387. The number of aliphatic carboxylic acids is 1. The van der Waals surface area contributed by atoms with E-state index in [1.54, 1.807) is 0 Å². The normalized spacial score (nSPS) is 10.1. The van der Waals surface area contributed by atoms with Gasteiger partial charge in [0.15, 0.2) is 5.78 Å². The second-order valence-electron chi connectivity index (χ2n) is 4.03. The number of rotatable bonds is 5. The van der Waals surface area contributed by atoms with Crippen molar-refractivity contribution in [3.63, 3.8) is 0 Å². The van der Waals surface area contributed by atoms with Gasteiger partial charge in [0.05, 0.1) is 0 Å². The van der Waals surface area contributed by atoms with Crippen LogP contribution in [0, 0.1) is 13.8 Å². The molecule has 0 aromatic heterocycles. The van der Waals surface area contributed by atoms with Crippen LogP contribution in [-0.2, 0) is 4.79 Å². The predicted octanol–water partition coefficient (Wildman–Crippen LogP) is 1.41. The summed E-state index contributed by atoms with van der Waals surface area (Å²) in [7, 11) is 0. The average molecular weight is 219 g/mol. The van der Waals surface area contributed by atoms with Crippen molar-refractivity contribution in [1.82, 2.24) is 0 Å². The molecule has 3 nitrogen and oxygen atoms in total. The zero-order valence-corrected chi connectivity index (χ0v) is 9.58. The molecule has 0 aliphatic heterocycles. The molecule has 16 heavy (non-hydrogen) atoms. The van der Waals surface area contributed by atoms with E-state index in [0.717, 1.165) is 11.1 Å². The van der Waals surface area contributed by atoms with E-state index in [4.69, 9.17) is 0 Å². The Kier molecular flexibility index (Phi) is 4.23. The van der Waals surface area contributed by atoms with Gasteiger partial charge < -0.3 is 9.90 Å². The van der Waals surface area contributed by atoms with Crippen LogP contribution >= 0.6 is 0 Å². The smallest absolute Gasteiger partial charge is 0.162 e. The maximum absolute atomic E-state index is 11.7. The Morgan fingerprint density at radius 1 is 1.06 bits per heavy atom. The van der Waals surface area contributed by atoms with Crippen molar-refractivity contribution in [2.75, 3.05) is 0 Å². The summed E-state index contributed by atoms with van der Waals surface area (Å²) in [5, 5.41) is 10.2. The summed E-state index contributed by atoms with van der Waals surface area (Å²) in [5.74, 6) is -1.11. The van der Waals surface area contributed by atoms with Crippen molar-refractivity contribution >= 4 is 11.8 Å². The number of aryl methyl sites for hydroxylation is 2. The zero-order valence-electron chi connectivity index (χ0n) is 9.58. The molecule has 0 saturated heterocycles. The van der Waals surface area contributed by atoms with E-state index in [0.29, 0.717) is 12.0 Å². The molecule has 0 radical (unpaired) electrons. The molecule has 0 bridgehead atoms. The molecular formula is C13H15O3-. The zero-order chi connectivity index (χ0) is 12.1. The molecule has 1 aromatic carbocycles. The van der Waals surface area contributed by atoms with Gasteiger partial charge in [-0.15, -0.1) is 0 Å². The molecule has 0 heterocycles. The summed E-state index contributed by atoms with van der Waals surface area (Å²) in [5.41, 5.74) is 2.75. The number of carbonyl (C=O) groups is 2. The summed E-state index contributed by atoms with van der Waals surface area (Å²) in [4.78, 5) is 21.9. The fourth-order valence-electron chi connectivity index (χ4n) is 1.67. The van der Waals surface area contributed by atoms with Crippen LogP contribution < -0.4 is 5.11 Å². The van der Waals surface area contributed by atoms with Gasteiger partial charge in [-0.2, -0.15) is 0 Å². The van der Waals surface area contributed by atoms with Crippen LogP contribution in [0.15, 0.2) is 18.2 Å². The second kappa shape index (κ2) is 5.45. The lowest BCUT2D eigenvalue weighted by Gasteiger charge is -2.05. The van der Waals surface area contributed by atoms with E-state index < -0.39 is 5.97 Å². The minimum Gasteiger partial charge on any atom is -0.550 e. The molecule has 0 atom stereocenters. The van der Waals surface area contributed by atoms with Crippen LogP contribution in [0.2, 0.25) is 0 Å². The topological polar surface area (TPSA) is 57.2 Å². The van der Waals surface area contributed by atoms with Gasteiger partial charge in [0.25, 0.3) is 0 Å². The molecule has 3 heteroatoms. The molecule has 0 unspecified atom stereocenters. The third kappa shape index (κ3) is 3.85. The van der Waals surface area contributed by atoms with Crippen LogP contribution in [0.25, 0.3) is 0 Å². The molecule has 0 fully saturated rings. The molecule has 0 aliphatic carbocycles. The fourth-order valence-corrected chi connectivity index (χ4v) is 1.67. The van der Waals surface area contributed by atoms with Gasteiger partial charge in [-0.05, 0) is 38.8 Å². The highest BCUT2D eigenvalue weighted by atomic mass is 16.4. The van der Waals surface area contributed by atoms with Crippen molar-refractivity contribution in [2.24, 2.45) is 0 Å². The number of carbonyl (C=O) groups excluding carboxylic acids is 2. The lowest BCUT2D eigenvalue weighted by molar-refractivity contribution is -0.305. The highest BCUT2D eigenvalue weighted by Crippen LogP contribution is 2.12. The SMILES string of the molecule is Cc1cc(C)cc(C(=O)CCCC(=O)[O-])c1. The van der Waals surface area contributed by atoms with Gasteiger partial charge in [-0.25, -0.2) is 0 Å². The van der Waals surface area contributed by atoms with E-state index in [2.05, 4.69) is 0 Å². The molecule has 0 aliphatic rings. The van der Waals surface area contributed by atoms with Gasteiger partial charge in [0.2, 0.25) is 0 Å². The van der Waals surface area contributed by atoms with Crippen molar-refractivity contribution in [2.45, 2.75) is 33.1 Å². The van der Waals surface area contributed by atoms with Crippen molar-refractivity contribution < 1.29 is 14.7 Å². The van der Waals surface area contributed by atoms with Crippen molar-refractivity contribution in [1.29, 1.82) is 0 Å². The highest BCUT2D eigenvalue weighted by Gasteiger charge is 2.06. The monoisotopic (exact) mass is 219 g/mol. The summed E-state index contributed by atoms with van der Waals surface area (Å²) in [6.07, 6.45) is 0.543. The Balaban J connectivity index is 2.62. The molecule has 0 amide bonds. The summed E-state index contributed by atoms with van der Waals surface area (Å²) in [6, 6.07) is 5.65. The Hall–Kier alpha value is -1.64. The lowest BCUT2D eigenvalue weighted by atomic mass is 10.0. The number of ketones is 1. The third-order valence-electron chi connectivity index (χ3n) is 2.33. The Labute approximate surface area is 95.1 Å². The minimum atomic E-state index is -1.10. The van der Waals surface area contributed by atoms with Crippen molar-refractivity contribution in [3.05, 3.63) is 34.9 Å². The largest absolute Gasteiger partial charge is 0.550 e. The number of hydrogen-bond acceptors (Lipinski definition) is 3. The van der Waals surface area contributed by atoms with Crippen LogP contribution in [-0.4, -0.2) is 11.8 Å². The Morgan fingerprint density at radius 3 is 2.12 bits per heavy atom. The van der Waals surface area contributed by atoms with Crippen LogP contribution in [0.4, 0.5) is 0 Å². The van der Waals surface area contributed by atoms with E-state index in [-0.39, 0.29) is 18.6 Å². The van der Waals surface area contributed by atoms with Gasteiger partial charge in [0.1, 0.15) is 0 Å². The Morgan fingerprint density at radius 2 is 1.62 bits per heavy atom. The first kappa shape index (κ1) is 12.4. The predicted molar refractivity (Wildman–Crippen MR) is 59.1 cm³/mol. The van der Waals surface area contributed by atoms with Crippen LogP contribution in [0.3, 0.4) is 0 Å². The maximum Gasteiger partial charge on any atom is 0.162 e. The van der Waals surface area contributed by atoms with Gasteiger partial charge >= 0.3 is 0 Å². The molecule has 1 rings (SSSR count). The highest BCUT2D eigenvalue weighted by molar-refractivity contribution is 5.96. The molecule has 0 N–H and O–H groups in total. The van der Waals surface area contributed by atoms with Gasteiger partial charge in [-0.3, -0.25) is 4.79 Å². The molecule has 0 saturated carbocycles. The third-order valence-corrected chi connectivity index (χ3v) is 2.33. The lowest BCUT2D eigenvalue weighted by Crippen LogP contribution is -2.21. The van der Waals surface area contributed by atoms with Gasteiger partial charge in [-0.1, -0.05) is 17.2 Å². The van der Waals surface area contributed by atoms with Crippen LogP contribution in [0.5, 0.6) is 0 Å². The van der Waals surface area contributed by atoms with Crippen LogP contribution in [0.1, 0.15) is 40.7 Å². The van der Waals surface area contributed by atoms with E-state index >= 15 is 0 Å². The first-order chi connectivity index (χ1) is 7.49. The van der Waals surface area contributed by atoms with E-state index in [9.17, 15) is 14.7 Å². The molecule has 0 spiro atoms. The molecule has 86 valence electrons. The maximum atomic E-state index is 11.7. The first-order valence-corrected chi connectivity index (χ1v) is 5.30. The first-order valence-electron chi connectivity index (χ1n) is 5.30. The molecule has 1 aromatic rings. The minimum absolute atomic E-state index is 0.00644. The number of benzene rings is 1. The van der Waals surface area contributed by atoms with E-state index in [1.807, 2.05) is 32.0 Å². The van der Waals surface area contributed by atoms with E-state index in [1.165, 1.54) is 0 Å². The average Bonchev–Trinajstić information content (AvgIpc) is 2.15. The van der Waals surface area contributed by atoms with Crippen molar-refractivity contribution in [3.8, 4) is 0 Å². The summed E-state index contributed by atoms with van der Waals surface area (Å²) >= 11 is 0. The number of Topliss-reactive ketones (excluding diaryl/α,β-unsaturated/α-hetero) is 1. The number of hydrogen-bond donors (Lipinski definition) is 0. The second-order valence-corrected chi connectivity index (χ2v) is 4.03. The summed E-state index contributed by atoms with van der Waals surface area (Å²) < 4.78 is 0. The molecular weight excluding hydrogens is 204 g/mol. The fraction of sp³-hybridized carbons (Fsp3) is 0.385.